The first kappa shape index (κ1) is 37.4. The van der Waals surface area contributed by atoms with E-state index in [-0.39, 0.29) is 116 Å². The maximum Gasteiger partial charge on any atom is 0.108 e. The van der Waals surface area contributed by atoms with Crippen LogP contribution in [0.2, 0.25) is 0 Å². The average molecular weight is 765 g/mol. The zero-order chi connectivity index (χ0) is 25.0. The first-order chi connectivity index (χ1) is 16.6. The first-order valence-electron chi connectivity index (χ1n) is 12.4. The number of allylic oxidation sites excluding steroid dienone is 8. The van der Waals surface area contributed by atoms with Crippen LogP contribution in [0.15, 0.2) is 94.7 Å². The van der Waals surface area contributed by atoms with Gasteiger partial charge in [0.1, 0.15) is 5.69 Å². The van der Waals surface area contributed by atoms with E-state index in [1.165, 1.54) is 45.1 Å². The van der Waals surface area contributed by atoms with Crippen LogP contribution in [-0.2, 0) is 109 Å². The van der Waals surface area contributed by atoms with Crippen LogP contribution in [0.3, 0.4) is 0 Å². The van der Waals surface area contributed by atoms with E-state index in [2.05, 4.69) is 124 Å². The van der Waals surface area contributed by atoms with E-state index in [0.29, 0.717) is 0 Å². The Hall–Kier alpha value is 0.342. The van der Waals surface area contributed by atoms with Crippen molar-refractivity contribution in [3.05, 3.63) is 120 Å². The molecule has 0 bridgehead atoms. The van der Waals surface area contributed by atoms with Crippen molar-refractivity contribution in [3.63, 3.8) is 0 Å². The van der Waals surface area contributed by atoms with Gasteiger partial charge in [0.05, 0.1) is 5.71 Å². The van der Waals surface area contributed by atoms with Crippen molar-refractivity contribution >= 4 is 28.7 Å². The zero-order valence-electron chi connectivity index (χ0n) is 23.0. The van der Waals surface area contributed by atoms with Crippen LogP contribution in [0.4, 0.5) is 11.4 Å². The summed E-state index contributed by atoms with van der Waals surface area (Å²) in [6.07, 6.45) is 11.9. The molecule has 1 aliphatic carbocycles. The average Bonchev–Trinajstić information content (AvgIpc) is 3.16. The molecule has 0 saturated carbocycles. The van der Waals surface area contributed by atoms with E-state index in [0.717, 1.165) is 24.3 Å². The fourth-order valence-corrected chi connectivity index (χ4v) is 6.16. The van der Waals surface area contributed by atoms with Crippen LogP contribution in [-0.4, -0.2) is 10.3 Å². The number of hydrogen-bond donors (Lipinski definition) is 0. The number of para-hydroxylation sites is 2. The van der Waals surface area contributed by atoms with Crippen LogP contribution in [0.25, 0.3) is 0 Å². The molecule has 3 aliphatic rings. The van der Waals surface area contributed by atoms with Crippen LogP contribution >= 0.6 is 11.6 Å². The van der Waals surface area contributed by atoms with Gasteiger partial charge in [0, 0.05) is 127 Å². The number of benzene rings is 2. The van der Waals surface area contributed by atoms with Crippen molar-refractivity contribution in [1.29, 1.82) is 0 Å². The normalized spacial score (nSPS) is 20.7. The molecule has 0 amide bonds. The van der Waals surface area contributed by atoms with E-state index in [4.69, 9.17) is 11.6 Å². The van der Waals surface area contributed by atoms with Gasteiger partial charge >= 0.3 is 0 Å². The molecule has 0 saturated heterocycles. The van der Waals surface area contributed by atoms with Gasteiger partial charge in [-0.15, -0.1) is 0 Å². The summed E-state index contributed by atoms with van der Waals surface area (Å²) in [5.41, 5.74) is 9.52. The van der Waals surface area contributed by atoms with Gasteiger partial charge in [-0.25, -0.2) is 0 Å². The van der Waals surface area contributed by atoms with E-state index in [1.807, 2.05) is 0 Å². The van der Waals surface area contributed by atoms with Gasteiger partial charge in [-0.2, -0.15) is 0 Å². The monoisotopic (exact) mass is 764 g/mol. The minimum Gasteiger partial charge on any atom is -0.499 e. The van der Waals surface area contributed by atoms with E-state index < -0.39 is 0 Å². The molecule has 2 heterocycles. The predicted octanol–water partition coefficient (Wildman–Crippen LogP) is 9.12. The number of nitrogens with zero attached hydrogens (tertiary/aromatic N) is 2. The zero-order valence-corrected chi connectivity index (χ0v) is 32.2. The molecule has 0 atom stereocenters. The molecular weight excluding hydrogens is 727 g/mol. The summed E-state index contributed by atoms with van der Waals surface area (Å²) in [7, 11) is 8.66. The van der Waals surface area contributed by atoms with Gasteiger partial charge in [0.2, 0.25) is 0 Å². The van der Waals surface area contributed by atoms with Crippen LogP contribution in [0, 0.1) is 14.1 Å². The molecule has 2 aromatic rings. The van der Waals surface area contributed by atoms with Crippen LogP contribution in [0.5, 0.6) is 0 Å². The number of anilines is 1. The molecule has 2 nitrogen and oxygen atoms in total. The summed E-state index contributed by atoms with van der Waals surface area (Å²) in [6, 6.07) is 17.0. The summed E-state index contributed by atoms with van der Waals surface area (Å²) in [5.74, 6) is 0. The fourth-order valence-electron chi connectivity index (χ4n) is 5.85. The maximum atomic E-state index is 6.98. The first-order valence-corrected chi connectivity index (χ1v) is 12.8. The summed E-state index contributed by atoms with van der Waals surface area (Å²) in [4.78, 5) is 2.06. The Morgan fingerprint density at radius 2 is 1.46 bits per heavy atom. The smallest absolute Gasteiger partial charge is 0.108 e. The van der Waals surface area contributed by atoms with Crippen molar-refractivity contribution in [1.82, 2.24) is 0 Å². The van der Waals surface area contributed by atoms with Crippen molar-refractivity contribution in [2.24, 2.45) is 0 Å². The maximum absolute atomic E-state index is 6.98. The Bertz CT molecular complexity index is 1360. The largest absolute Gasteiger partial charge is 0.499 e. The Morgan fingerprint density at radius 3 is 2.10 bits per heavy atom. The molecule has 0 spiro atoms. The quantitative estimate of drug-likeness (QED) is 0.224. The van der Waals surface area contributed by atoms with E-state index in [9.17, 15) is 0 Å². The molecule has 0 aromatic heterocycles. The molecule has 2 aliphatic heterocycles. The number of halogens is 1. The Balaban J connectivity index is 0.00000190. The number of hydrogen-bond acceptors (Lipinski definition) is 1. The third-order valence-corrected chi connectivity index (χ3v) is 8.43. The van der Waals surface area contributed by atoms with Crippen molar-refractivity contribution in [2.75, 3.05) is 4.90 Å². The van der Waals surface area contributed by atoms with Crippen molar-refractivity contribution < 1.29 is 103 Å². The molecule has 39 heavy (non-hydrogen) atoms. The summed E-state index contributed by atoms with van der Waals surface area (Å²) in [5, 5.41) is 0.873. The molecule has 0 fully saturated rings. The van der Waals surface area contributed by atoms with Crippen LogP contribution < -0.4 is 4.90 Å². The fraction of sp³-hybridized carbons (Fsp3) is 0.303. The molecule has 0 N–H and O–H groups in total. The van der Waals surface area contributed by atoms with E-state index in [1.54, 1.807) is 0 Å². The molecule has 5 rings (SSSR count). The van der Waals surface area contributed by atoms with Gasteiger partial charge in [0.15, 0.2) is 0 Å². The molecule has 0 unspecified atom stereocenters. The standard InChI is InChI=1S/C32H34ClN2.CH4.3Y/c1-31(2)24-14-7-9-16-26(24)34(5)28(31)20-18-22-12-11-13-23(30(22)33)19-21-29-32(3,4)25-15-8-10-17-27(25)35(29)6;;;;/h7-10,14-21H,5-6,11-13H2,1-4H3;1H4;;;/q-1;;;;. The summed E-state index contributed by atoms with van der Waals surface area (Å²) in [6.45, 7) is 9.04. The second-order valence-electron chi connectivity index (χ2n) is 10.8. The van der Waals surface area contributed by atoms with Gasteiger partial charge < -0.3 is 9.48 Å². The SMILES string of the molecule is C.[CH2-]N1C(=CC=C2CCCC(C=CC3=[N+]([CH2-])c4ccccc4C3(C)C)=C2Cl)C(C)(C)c2ccccc21.[Y].[Y].[Y]. The number of fused-ring (bicyclic) bond motifs is 2. The third kappa shape index (κ3) is 6.79. The second kappa shape index (κ2) is 14.7. The van der Waals surface area contributed by atoms with Crippen LogP contribution in [0.1, 0.15) is 65.5 Å². The van der Waals surface area contributed by atoms with E-state index >= 15 is 0 Å². The van der Waals surface area contributed by atoms with Gasteiger partial charge in [-0.05, 0) is 65.4 Å². The van der Waals surface area contributed by atoms with Gasteiger partial charge in [0.25, 0.3) is 0 Å². The van der Waals surface area contributed by atoms with Crippen molar-refractivity contribution in [2.45, 2.75) is 65.2 Å². The predicted molar refractivity (Wildman–Crippen MR) is 156 cm³/mol. The second-order valence-corrected chi connectivity index (χ2v) is 11.2. The minimum atomic E-state index is -0.0969. The minimum absolute atomic E-state index is 0. The van der Waals surface area contributed by atoms with Crippen molar-refractivity contribution in [3.8, 4) is 0 Å². The Morgan fingerprint density at radius 1 is 0.846 bits per heavy atom. The molecular formula is C33H38ClN2Y3-. The third-order valence-electron chi connectivity index (χ3n) is 7.94. The number of rotatable bonds is 3. The van der Waals surface area contributed by atoms with Gasteiger partial charge in [-0.3, -0.25) is 7.05 Å². The summed E-state index contributed by atoms with van der Waals surface area (Å²) >= 11 is 6.98. The van der Waals surface area contributed by atoms with Gasteiger partial charge in [-0.1, -0.05) is 101 Å². The molecule has 3 radical (unpaired) electrons. The molecule has 2 aromatic carbocycles. The Labute approximate surface area is 317 Å². The molecule has 6 heteroatoms. The molecule has 197 valence electrons. The Kier molecular flexibility index (Phi) is 14.1. The summed E-state index contributed by atoms with van der Waals surface area (Å²) < 4.78 is 2.06. The topological polar surface area (TPSA) is 6.25 Å².